The number of benzene rings is 1. The molecule has 1 aliphatic carbocycles. The number of allylic oxidation sites excluding steroid dienone is 4. The zero-order valence-corrected chi connectivity index (χ0v) is 15.2. The molecule has 0 spiro atoms. The summed E-state index contributed by atoms with van der Waals surface area (Å²) in [6.07, 6.45) is 10.7. The number of carbonyl (C=O) groups excluding carboxylic acids is 1. The molecule has 1 atom stereocenters. The molecule has 2 N–H and O–H groups in total. The molecule has 0 fully saturated rings. The van der Waals surface area contributed by atoms with Crippen molar-refractivity contribution in [1.82, 2.24) is 0 Å². The first-order chi connectivity index (χ1) is 11.8. The number of para-hydroxylation sites is 1. The van der Waals surface area contributed by atoms with Crippen molar-refractivity contribution < 1.29 is 13.2 Å². The van der Waals surface area contributed by atoms with E-state index in [4.69, 9.17) is 0 Å². The highest BCUT2D eigenvalue weighted by atomic mass is 32.2. The highest BCUT2D eigenvalue weighted by Crippen LogP contribution is 2.32. The number of carbonyl (C=O) groups is 1. The first-order valence-electron chi connectivity index (χ1n) is 8.33. The van der Waals surface area contributed by atoms with Gasteiger partial charge in [-0.2, -0.15) is 0 Å². The van der Waals surface area contributed by atoms with Crippen molar-refractivity contribution in [3.8, 4) is 0 Å². The van der Waals surface area contributed by atoms with Crippen molar-refractivity contribution in [2.45, 2.75) is 32.2 Å². The van der Waals surface area contributed by atoms with Crippen molar-refractivity contribution in [2.75, 3.05) is 16.9 Å². The lowest BCUT2D eigenvalue weighted by Crippen LogP contribution is -2.19. The predicted octanol–water partition coefficient (Wildman–Crippen LogP) is 3.49. The fraction of sp³-hybridized carbons (Fsp3) is 0.316. The van der Waals surface area contributed by atoms with Crippen molar-refractivity contribution in [3.05, 3.63) is 52.5 Å². The minimum atomic E-state index is -3.25. The highest BCUT2D eigenvalue weighted by Gasteiger charge is 2.20. The van der Waals surface area contributed by atoms with Gasteiger partial charge in [0.25, 0.3) is 0 Å². The largest absolute Gasteiger partial charge is 0.380 e. The normalized spacial score (nSPS) is 20.9. The van der Waals surface area contributed by atoms with Gasteiger partial charge in [0.05, 0.1) is 16.3 Å². The second-order valence-electron chi connectivity index (χ2n) is 6.48. The van der Waals surface area contributed by atoms with Crippen LogP contribution in [0, 0.1) is 0 Å². The SMILES string of the molecule is C[C@@H]1CC(=O)Nc2cccc(/C=C/C3=CCCC=C3S(C)(=O)=O)c2N1. The van der Waals surface area contributed by atoms with E-state index in [0.717, 1.165) is 35.4 Å². The van der Waals surface area contributed by atoms with Crippen molar-refractivity contribution in [1.29, 1.82) is 0 Å². The second-order valence-corrected chi connectivity index (χ2v) is 8.46. The number of nitrogens with one attached hydrogen (secondary N) is 2. The van der Waals surface area contributed by atoms with E-state index < -0.39 is 9.84 Å². The molecule has 3 rings (SSSR count). The van der Waals surface area contributed by atoms with Gasteiger partial charge in [0, 0.05) is 18.7 Å². The van der Waals surface area contributed by atoms with Gasteiger partial charge in [-0.15, -0.1) is 0 Å². The summed E-state index contributed by atoms with van der Waals surface area (Å²) in [7, 11) is -3.25. The lowest BCUT2D eigenvalue weighted by Gasteiger charge is -2.15. The van der Waals surface area contributed by atoms with E-state index in [1.54, 1.807) is 6.08 Å². The molecule has 0 bridgehead atoms. The van der Waals surface area contributed by atoms with Crippen LogP contribution in [-0.4, -0.2) is 26.6 Å². The Morgan fingerprint density at radius 1 is 1.16 bits per heavy atom. The molecule has 5 nitrogen and oxygen atoms in total. The van der Waals surface area contributed by atoms with E-state index in [-0.39, 0.29) is 11.9 Å². The van der Waals surface area contributed by atoms with Crippen LogP contribution in [-0.2, 0) is 14.6 Å². The molecule has 1 heterocycles. The van der Waals surface area contributed by atoms with Gasteiger partial charge in [0.1, 0.15) is 0 Å². The van der Waals surface area contributed by atoms with Crippen LogP contribution < -0.4 is 10.6 Å². The zero-order chi connectivity index (χ0) is 18.0. The standard InChI is InChI=1S/C19H22N2O3S/c1-13-12-18(22)21-16-8-5-7-15(19(16)20-13)11-10-14-6-3-4-9-17(14)25(2,23)24/h5-11,13,20H,3-4,12H2,1-2H3,(H,21,22)/b11-10+/t13-/m1/s1. The number of rotatable bonds is 3. The topological polar surface area (TPSA) is 75.3 Å². The minimum Gasteiger partial charge on any atom is -0.380 e. The van der Waals surface area contributed by atoms with Crippen molar-refractivity contribution in [2.24, 2.45) is 0 Å². The monoisotopic (exact) mass is 358 g/mol. The molecule has 6 heteroatoms. The number of anilines is 2. The Morgan fingerprint density at radius 3 is 2.68 bits per heavy atom. The molecule has 1 aromatic carbocycles. The van der Waals surface area contributed by atoms with Gasteiger partial charge in [-0.3, -0.25) is 4.79 Å². The van der Waals surface area contributed by atoms with Crippen LogP contribution in [0.4, 0.5) is 11.4 Å². The fourth-order valence-electron chi connectivity index (χ4n) is 3.12. The number of fused-ring (bicyclic) bond motifs is 1. The molecule has 0 unspecified atom stereocenters. The van der Waals surface area contributed by atoms with E-state index >= 15 is 0 Å². The average Bonchev–Trinajstić information content (AvgIpc) is 2.69. The van der Waals surface area contributed by atoms with Crippen LogP contribution >= 0.6 is 0 Å². The van der Waals surface area contributed by atoms with Gasteiger partial charge < -0.3 is 10.6 Å². The Labute approximate surface area is 148 Å². The average molecular weight is 358 g/mol. The maximum Gasteiger partial charge on any atom is 0.226 e. The van der Waals surface area contributed by atoms with E-state index in [0.29, 0.717) is 11.3 Å². The van der Waals surface area contributed by atoms with Gasteiger partial charge >= 0.3 is 0 Å². The van der Waals surface area contributed by atoms with Crippen LogP contribution in [0.1, 0.15) is 31.7 Å². The van der Waals surface area contributed by atoms with E-state index in [9.17, 15) is 13.2 Å². The molecule has 1 aromatic rings. The van der Waals surface area contributed by atoms with Gasteiger partial charge in [-0.05, 0) is 37.0 Å². The lowest BCUT2D eigenvalue weighted by atomic mass is 10.0. The Kier molecular flexibility index (Phi) is 4.81. The van der Waals surface area contributed by atoms with E-state index in [2.05, 4.69) is 10.6 Å². The Bertz CT molecular complexity index is 895. The fourth-order valence-corrected chi connectivity index (χ4v) is 4.12. The Morgan fingerprint density at radius 2 is 1.92 bits per heavy atom. The maximum atomic E-state index is 12.0. The molecule has 1 amide bonds. The predicted molar refractivity (Wildman–Crippen MR) is 102 cm³/mol. The number of hydrogen-bond acceptors (Lipinski definition) is 4. The quantitative estimate of drug-likeness (QED) is 0.867. The molecule has 0 saturated carbocycles. The van der Waals surface area contributed by atoms with Gasteiger partial charge in [0.2, 0.25) is 5.91 Å². The number of hydrogen-bond donors (Lipinski definition) is 2. The molecule has 0 aromatic heterocycles. The van der Waals surface area contributed by atoms with Crippen LogP contribution in [0.5, 0.6) is 0 Å². The third-order valence-electron chi connectivity index (χ3n) is 4.24. The van der Waals surface area contributed by atoms with Gasteiger partial charge in [-0.25, -0.2) is 8.42 Å². The van der Waals surface area contributed by atoms with E-state index in [1.807, 2.05) is 43.4 Å². The summed E-state index contributed by atoms with van der Waals surface area (Å²) < 4.78 is 23.9. The van der Waals surface area contributed by atoms with Crippen LogP contribution in [0.25, 0.3) is 6.08 Å². The highest BCUT2D eigenvalue weighted by molar-refractivity contribution is 7.94. The first kappa shape index (κ1) is 17.5. The van der Waals surface area contributed by atoms with Crippen LogP contribution in [0.2, 0.25) is 0 Å². The maximum absolute atomic E-state index is 12.0. The first-order valence-corrected chi connectivity index (χ1v) is 10.2. The summed E-state index contributed by atoms with van der Waals surface area (Å²) in [5.74, 6) is -0.0165. The Balaban J connectivity index is 1.95. The Hall–Kier alpha value is -2.34. The summed E-state index contributed by atoms with van der Waals surface area (Å²) in [5, 5.41) is 6.27. The third-order valence-corrected chi connectivity index (χ3v) is 5.44. The van der Waals surface area contributed by atoms with Crippen LogP contribution in [0.3, 0.4) is 0 Å². The van der Waals surface area contributed by atoms with Crippen molar-refractivity contribution >= 4 is 33.2 Å². The second kappa shape index (κ2) is 6.88. The zero-order valence-electron chi connectivity index (χ0n) is 14.4. The lowest BCUT2D eigenvalue weighted by molar-refractivity contribution is -0.116. The van der Waals surface area contributed by atoms with E-state index in [1.165, 1.54) is 6.26 Å². The van der Waals surface area contributed by atoms with Crippen molar-refractivity contribution in [3.63, 3.8) is 0 Å². The van der Waals surface area contributed by atoms with Gasteiger partial charge in [-0.1, -0.05) is 36.4 Å². The third kappa shape index (κ3) is 4.02. The summed E-state index contributed by atoms with van der Waals surface area (Å²) in [6, 6.07) is 5.70. The molecule has 1 aliphatic heterocycles. The molecular weight excluding hydrogens is 336 g/mol. The number of sulfone groups is 1. The minimum absolute atomic E-state index is 0.0165. The molecule has 132 valence electrons. The summed E-state index contributed by atoms with van der Waals surface area (Å²) in [5.41, 5.74) is 3.23. The summed E-state index contributed by atoms with van der Waals surface area (Å²) in [6.45, 7) is 1.96. The smallest absolute Gasteiger partial charge is 0.226 e. The molecule has 2 aliphatic rings. The molecule has 0 radical (unpaired) electrons. The number of amides is 1. The summed E-state index contributed by atoms with van der Waals surface area (Å²) >= 11 is 0. The molecular formula is C19H22N2O3S. The summed E-state index contributed by atoms with van der Waals surface area (Å²) in [4.78, 5) is 12.3. The molecule has 0 saturated heterocycles. The van der Waals surface area contributed by atoms with Gasteiger partial charge in [0.15, 0.2) is 9.84 Å². The van der Waals surface area contributed by atoms with Crippen LogP contribution in [0.15, 0.2) is 46.9 Å². The molecule has 25 heavy (non-hydrogen) atoms.